The molecule has 0 aliphatic heterocycles. The number of H-pyrrole nitrogens is 1. The van der Waals surface area contributed by atoms with Crippen molar-refractivity contribution in [3.05, 3.63) is 17.3 Å². The summed E-state index contributed by atoms with van der Waals surface area (Å²) < 4.78 is 0. The Morgan fingerprint density at radius 2 is 2.50 bits per heavy atom. The van der Waals surface area contributed by atoms with Crippen molar-refractivity contribution in [3.63, 3.8) is 0 Å². The van der Waals surface area contributed by atoms with Crippen LogP contribution in [0.1, 0.15) is 25.1 Å². The molecule has 0 radical (unpaired) electrons. The summed E-state index contributed by atoms with van der Waals surface area (Å²) in [5, 5.41) is 13.1. The van der Waals surface area contributed by atoms with Crippen molar-refractivity contribution in [3.8, 4) is 10.7 Å². The van der Waals surface area contributed by atoms with Crippen molar-refractivity contribution in [1.29, 1.82) is 0 Å². The molecule has 0 aliphatic carbocycles. The van der Waals surface area contributed by atoms with Crippen molar-refractivity contribution in [2.75, 3.05) is 0 Å². The maximum absolute atomic E-state index is 5.86. The minimum Gasteiger partial charge on any atom is -0.323 e. The SMILES string of the molecule is CCC(N)c1csc(-c2cn[nH]n2)n1. The van der Waals surface area contributed by atoms with Gasteiger partial charge in [-0.1, -0.05) is 6.92 Å². The van der Waals surface area contributed by atoms with E-state index in [1.807, 2.05) is 12.3 Å². The van der Waals surface area contributed by atoms with Crippen molar-refractivity contribution in [2.24, 2.45) is 5.73 Å². The highest BCUT2D eigenvalue weighted by Crippen LogP contribution is 2.24. The summed E-state index contributed by atoms with van der Waals surface area (Å²) in [7, 11) is 0. The first-order chi connectivity index (χ1) is 6.81. The standard InChI is InChI=1S/C8H11N5S/c1-2-5(9)7-4-14-8(11-7)6-3-10-13-12-6/h3-5H,2,9H2,1H3,(H,10,12,13). The predicted octanol–water partition coefficient (Wildman–Crippen LogP) is 1.34. The first kappa shape index (κ1) is 9.29. The van der Waals surface area contributed by atoms with Gasteiger partial charge in [-0.2, -0.15) is 15.4 Å². The van der Waals surface area contributed by atoms with E-state index in [1.165, 1.54) is 11.3 Å². The summed E-state index contributed by atoms with van der Waals surface area (Å²) in [6.07, 6.45) is 2.54. The molecule has 2 heterocycles. The summed E-state index contributed by atoms with van der Waals surface area (Å²) >= 11 is 1.54. The smallest absolute Gasteiger partial charge is 0.145 e. The third kappa shape index (κ3) is 1.66. The molecule has 0 saturated heterocycles. The topological polar surface area (TPSA) is 80.5 Å². The molecule has 2 aromatic heterocycles. The van der Waals surface area contributed by atoms with Crippen molar-refractivity contribution >= 4 is 11.3 Å². The van der Waals surface area contributed by atoms with Gasteiger partial charge in [0.15, 0.2) is 0 Å². The summed E-state index contributed by atoms with van der Waals surface area (Å²) in [5.74, 6) is 0. The molecule has 0 saturated carbocycles. The Balaban J connectivity index is 2.26. The second-order valence-corrected chi connectivity index (χ2v) is 3.81. The van der Waals surface area contributed by atoms with Gasteiger partial charge >= 0.3 is 0 Å². The van der Waals surface area contributed by atoms with Gasteiger partial charge in [-0.3, -0.25) is 0 Å². The second kappa shape index (κ2) is 3.85. The number of nitrogens with one attached hydrogen (secondary N) is 1. The van der Waals surface area contributed by atoms with E-state index in [0.717, 1.165) is 22.8 Å². The van der Waals surface area contributed by atoms with E-state index in [-0.39, 0.29) is 6.04 Å². The van der Waals surface area contributed by atoms with Gasteiger partial charge in [0.1, 0.15) is 10.7 Å². The van der Waals surface area contributed by atoms with Crippen LogP contribution >= 0.6 is 11.3 Å². The maximum Gasteiger partial charge on any atom is 0.145 e. The molecule has 0 amide bonds. The van der Waals surface area contributed by atoms with E-state index in [4.69, 9.17) is 5.73 Å². The van der Waals surface area contributed by atoms with E-state index in [1.54, 1.807) is 6.20 Å². The number of rotatable bonds is 3. The van der Waals surface area contributed by atoms with E-state index < -0.39 is 0 Å². The van der Waals surface area contributed by atoms with Gasteiger partial charge in [0.2, 0.25) is 0 Å². The fourth-order valence-corrected chi connectivity index (χ4v) is 1.92. The zero-order valence-electron chi connectivity index (χ0n) is 7.77. The molecule has 0 spiro atoms. The Bertz CT molecular complexity index is 394. The molecule has 2 rings (SSSR count). The van der Waals surface area contributed by atoms with Gasteiger partial charge in [-0.25, -0.2) is 4.98 Å². The highest BCUT2D eigenvalue weighted by atomic mass is 32.1. The molecule has 1 atom stereocenters. The monoisotopic (exact) mass is 209 g/mol. The predicted molar refractivity (Wildman–Crippen MR) is 54.7 cm³/mol. The number of hydrogen-bond donors (Lipinski definition) is 2. The maximum atomic E-state index is 5.86. The lowest BCUT2D eigenvalue weighted by atomic mass is 10.2. The summed E-state index contributed by atoms with van der Waals surface area (Å²) in [4.78, 5) is 4.39. The van der Waals surface area contributed by atoms with Crippen molar-refractivity contribution in [1.82, 2.24) is 20.4 Å². The van der Waals surface area contributed by atoms with E-state index >= 15 is 0 Å². The van der Waals surface area contributed by atoms with Crippen LogP contribution in [0.15, 0.2) is 11.6 Å². The second-order valence-electron chi connectivity index (χ2n) is 2.95. The largest absolute Gasteiger partial charge is 0.323 e. The Morgan fingerprint density at radius 1 is 1.64 bits per heavy atom. The van der Waals surface area contributed by atoms with Crippen LogP contribution in [-0.4, -0.2) is 20.4 Å². The number of nitrogens with two attached hydrogens (primary N) is 1. The van der Waals surface area contributed by atoms with Crippen LogP contribution in [-0.2, 0) is 0 Å². The van der Waals surface area contributed by atoms with Crippen LogP contribution in [0.4, 0.5) is 0 Å². The molecule has 0 aromatic carbocycles. The zero-order valence-corrected chi connectivity index (χ0v) is 8.58. The number of hydrogen-bond acceptors (Lipinski definition) is 5. The average Bonchev–Trinajstić information content (AvgIpc) is 2.86. The number of aromatic nitrogens is 4. The minimum absolute atomic E-state index is 0.0203. The first-order valence-electron chi connectivity index (χ1n) is 4.38. The van der Waals surface area contributed by atoms with Crippen molar-refractivity contribution in [2.45, 2.75) is 19.4 Å². The molecular formula is C8H11N5S. The highest BCUT2D eigenvalue weighted by molar-refractivity contribution is 7.13. The molecule has 0 bridgehead atoms. The molecule has 3 N–H and O–H groups in total. The molecule has 6 heteroatoms. The third-order valence-electron chi connectivity index (χ3n) is 1.98. The quantitative estimate of drug-likeness (QED) is 0.799. The van der Waals surface area contributed by atoms with Gasteiger partial charge in [0.05, 0.1) is 11.9 Å². The van der Waals surface area contributed by atoms with Crippen LogP contribution in [0, 0.1) is 0 Å². The molecule has 74 valence electrons. The lowest BCUT2D eigenvalue weighted by Crippen LogP contribution is -2.08. The lowest BCUT2D eigenvalue weighted by Gasteiger charge is -2.02. The first-order valence-corrected chi connectivity index (χ1v) is 5.26. The van der Waals surface area contributed by atoms with E-state index in [9.17, 15) is 0 Å². The van der Waals surface area contributed by atoms with Crippen LogP contribution in [0.25, 0.3) is 10.7 Å². The number of aromatic amines is 1. The van der Waals surface area contributed by atoms with Crippen LogP contribution in [0.2, 0.25) is 0 Å². The lowest BCUT2D eigenvalue weighted by molar-refractivity contribution is 0.681. The number of nitrogens with zero attached hydrogens (tertiary/aromatic N) is 3. The molecule has 1 unspecified atom stereocenters. The molecule has 0 aliphatic rings. The molecule has 5 nitrogen and oxygen atoms in total. The molecule has 0 fully saturated rings. The Morgan fingerprint density at radius 3 is 3.14 bits per heavy atom. The number of thiazole rings is 1. The Kier molecular flexibility index (Phi) is 2.55. The fraction of sp³-hybridized carbons (Fsp3) is 0.375. The normalized spacial score (nSPS) is 13.0. The van der Waals surface area contributed by atoms with E-state index in [2.05, 4.69) is 20.4 Å². The Labute approximate surface area is 85.4 Å². The van der Waals surface area contributed by atoms with E-state index in [0.29, 0.717) is 0 Å². The molecule has 14 heavy (non-hydrogen) atoms. The van der Waals surface area contributed by atoms with Crippen LogP contribution < -0.4 is 5.73 Å². The molecule has 2 aromatic rings. The van der Waals surface area contributed by atoms with Gasteiger partial charge < -0.3 is 5.73 Å². The van der Waals surface area contributed by atoms with Crippen molar-refractivity contribution < 1.29 is 0 Å². The Hall–Kier alpha value is -1.27. The van der Waals surface area contributed by atoms with Gasteiger partial charge in [0.25, 0.3) is 0 Å². The summed E-state index contributed by atoms with van der Waals surface area (Å²) in [6, 6.07) is 0.0203. The fourth-order valence-electron chi connectivity index (χ4n) is 1.09. The van der Waals surface area contributed by atoms with Gasteiger partial charge in [-0.05, 0) is 6.42 Å². The summed E-state index contributed by atoms with van der Waals surface area (Å²) in [5.41, 5.74) is 7.56. The van der Waals surface area contributed by atoms with Gasteiger partial charge in [0, 0.05) is 11.4 Å². The highest BCUT2D eigenvalue weighted by Gasteiger charge is 2.10. The third-order valence-corrected chi connectivity index (χ3v) is 2.86. The summed E-state index contributed by atoms with van der Waals surface area (Å²) in [6.45, 7) is 2.04. The molecular weight excluding hydrogens is 198 g/mol. The minimum atomic E-state index is 0.0203. The van der Waals surface area contributed by atoms with Gasteiger partial charge in [-0.15, -0.1) is 11.3 Å². The van der Waals surface area contributed by atoms with Crippen LogP contribution in [0.5, 0.6) is 0 Å². The van der Waals surface area contributed by atoms with Crippen LogP contribution in [0.3, 0.4) is 0 Å². The zero-order chi connectivity index (χ0) is 9.97. The average molecular weight is 209 g/mol.